The zero-order valence-electron chi connectivity index (χ0n) is 12.8. The SMILES string of the molecule is CCN(CCCCC(C)(CO)NC)c1ccccc1F. The Morgan fingerprint density at radius 3 is 2.55 bits per heavy atom. The van der Waals surface area contributed by atoms with Gasteiger partial charge in [-0.15, -0.1) is 0 Å². The molecular weight excluding hydrogens is 255 g/mol. The third-order valence-corrected chi connectivity index (χ3v) is 3.93. The molecule has 1 atom stereocenters. The summed E-state index contributed by atoms with van der Waals surface area (Å²) in [6.45, 7) is 5.82. The number of nitrogens with one attached hydrogen (secondary N) is 1. The molecule has 0 heterocycles. The fraction of sp³-hybridized carbons (Fsp3) is 0.625. The van der Waals surface area contributed by atoms with E-state index in [0.29, 0.717) is 5.69 Å². The quantitative estimate of drug-likeness (QED) is 0.684. The van der Waals surface area contributed by atoms with Crippen LogP contribution in [0.15, 0.2) is 24.3 Å². The van der Waals surface area contributed by atoms with E-state index < -0.39 is 0 Å². The summed E-state index contributed by atoms with van der Waals surface area (Å²) >= 11 is 0. The lowest BCUT2D eigenvalue weighted by Crippen LogP contribution is -2.43. The third-order valence-electron chi connectivity index (χ3n) is 3.93. The highest BCUT2D eigenvalue weighted by atomic mass is 19.1. The van der Waals surface area contributed by atoms with Crippen molar-refractivity contribution >= 4 is 5.69 Å². The molecular formula is C16H27FN2O. The predicted octanol–water partition coefficient (Wildman–Crippen LogP) is 2.79. The van der Waals surface area contributed by atoms with Crippen molar-refractivity contribution in [1.82, 2.24) is 5.32 Å². The van der Waals surface area contributed by atoms with Gasteiger partial charge in [-0.05, 0) is 52.3 Å². The number of aliphatic hydroxyl groups excluding tert-OH is 1. The van der Waals surface area contributed by atoms with E-state index in [0.717, 1.165) is 32.4 Å². The summed E-state index contributed by atoms with van der Waals surface area (Å²) in [6, 6.07) is 6.91. The van der Waals surface area contributed by atoms with Crippen LogP contribution in [0.3, 0.4) is 0 Å². The number of anilines is 1. The van der Waals surface area contributed by atoms with Crippen molar-refractivity contribution < 1.29 is 9.50 Å². The van der Waals surface area contributed by atoms with Crippen molar-refractivity contribution in [1.29, 1.82) is 0 Å². The van der Waals surface area contributed by atoms with Crippen LogP contribution in [0, 0.1) is 5.82 Å². The molecule has 2 N–H and O–H groups in total. The van der Waals surface area contributed by atoms with Crippen LogP contribution in [0.1, 0.15) is 33.1 Å². The highest BCUT2D eigenvalue weighted by Gasteiger charge is 2.19. The minimum Gasteiger partial charge on any atom is -0.394 e. The number of hydrogen-bond acceptors (Lipinski definition) is 3. The first-order valence-corrected chi connectivity index (χ1v) is 7.35. The highest BCUT2D eigenvalue weighted by Crippen LogP contribution is 2.20. The summed E-state index contributed by atoms with van der Waals surface area (Å²) < 4.78 is 13.7. The molecule has 0 aliphatic carbocycles. The van der Waals surface area contributed by atoms with E-state index in [9.17, 15) is 9.50 Å². The van der Waals surface area contributed by atoms with Gasteiger partial charge in [0.25, 0.3) is 0 Å². The van der Waals surface area contributed by atoms with Crippen LogP contribution in [0.25, 0.3) is 0 Å². The molecule has 0 aromatic heterocycles. The number of unbranched alkanes of at least 4 members (excludes halogenated alkanes) is 1. The predicted molar refractivity (Wildman–Crippen MR) is 82.7 cm³/mol. The summed E-state index contributed by atoms with van der Waals surface area (Å²) in [6.07, 6.45) is 2.90. The van der Waals surface area contributed by atoms with Crippen molar-refractivity contribution in [3.63, 3.8) is 0 Å². The second-order valence-electron chi connectivity index (χ2n) is 5.46. The molecule has 0 aliphatic heterocycles. The van der Waals surface area contributed by atoms with Crippen LogP contribution in [0.4, 0.5) is 10.1 Å². The van der Waals surface area contributed by atoms with Crippen molar-refractivity contribution in [2.24, 2.45) is 0 Å². The van der Waals surface area contributed by atoms with Crippen molar-refractivity contribution in [2.75, 3.05) is 31.6 Å². The summed E-state index contributed by atoms with van der Waals surface area (Å²) in [5, 5.41) is 12.5. The second-order valence-corrected chi connectivity index (χ2v) is 5.46. The van der Waals surface area contributed by atoms with Gasteiger partial charge in [-0.2, -0.15) is 0 Å². The summed E-state index contributed by atoms with van der Waals surface area (Å²) in [7, 11) is 1.87. The fourth-order valence-electron chi connectivity index (χ4n) is 2.26. The number of hydrogen-bond donors (Lipinski definition) is 2. The van der Waals surface area contributed by atoms with E-state index in [1.54, 1.807) is 6.07 Å². The Bertz CT molecular complexity index is 394. The zero-order chi connectivity index (χ0) is 15.0. The molecule has 0 saturated heterocycles. The third kappa shape index (κ3) is 4.76. The Labute approximate surface area is 121 Å². The van der Waals surface area contributed by atoms with Crippen molar-refractivity contribution in [3.8, 4) is 0 Å². The van der Waals surface area contributed by atoms with Gasteiger partial charge >= 0.3 is 0 Å². The minimum atomic E-state index is -0.213. The van der Waals surface area contributed by atoms with Crippen LogP contribution in [-0.4, -0.2) is 37.4 Å². The smallest absolute Gasteiger partial charge is 0.146 e. The maximum absolute atomic E-state index is 13.7. The normalized spacial score (nSPS) is 14.1. The Morgan fingerprint density at radius 2 is 2.00 bits per heavy atom. The lowest BCUT2D eigenvalue weighted by atomic mass is 9.96. The summed E-state index contributed by atoms with van der Waals surface area (Å²) in [4.78, 5) is 2.06. The molecule has 3 nitrogen and oxygen atoms in total. The Morgan fingerprint density at radius 1 is 1.30 bits per heavy atom. The van der Waals surface area contributed by atoms with Crippen LogP contribution in [0.2, 0.25) is 0 Å². The van der Waals surface area contributed by atoms with E-state index in [4.69, 9.17) is 0 Å². The van der Waals surface area contributed by atoms with Gasteiger partial charge in [-0.1, -0.05) is 12.1 Å². The molecule has 1 aromatic carbocycles. The largest absolute Gasteiger partial charge is 0.394 e. The first kappa shape index (κ1) is 16.9. The van der Waals surface area contributed by atoms with Crippen LogP contribution < -0.4 is 10.2 Å². The van der Waals surface area contributed by atoms with E-state index in [1.165, 1.54) is 6.07 Å². The van der Waals surface area contributed by atoms with Gasteiger partial charge < -0.3 is 15.3 Å². The Balaban J connectivity index is 2.45. The number of benzene rings is 1. The Kier molecular flexibility index (Phi) is 6.96. The first-order valence-electron chi connectivity index (χ1n) is 7.35. The molecule has 114 valence electrons. The number of rotatable bonds is 9. The van der Waals surface area contributed by atoms with Gasteiger partial charge in [0.15, 0.2) is 0 Å². The molecule has 4 heteroatoms. The van der Waals surface area contributed by atoms with Gasteiger partial charge in [-0.3, -0.25) is 0 Å². The number of nitrogens with zero attached hydrogens (tertiary/aromatic N) is 1. The summed E-state index contributed by atoms with van der Waals surface area (Å²) in [5.41, 5.74) is 0.461. The average Bonchev–Trinajstić information content (AvgIpc) is 2.48. The lowest BCUT2D eigenvalue weighted by Gasteiger charge is -2.28. The average molecular weight is 282 g/mol. The Hall–Kier alpha value is -1.13. The van der Waals surface area contributed by atoms with Gasteiger partial charge in [-0.25, -0.2) is 4.39 Å². The van der Waals surface area contributed by atoms with Crippen molar-refractivity contribution in [3.05, 3.63) is 30.1 Å². The number of halogens is 1. The number of aliphatic hydroxyl groups is 1. The molecule has 1 unspecified atom stereocenters. The van der Waals surface area contributed by atoms with E-state index >= 15 is 0 Å². The molecule has 0 amide bonds. The van der Waals surface area contributed by atoms with Gasteiger partial charge in [0.1, 0.15) is 5.82 Å². The molecule has 20 heavy (non-hydrogen) atoms. The van der Waals surface area contributed by atoms with Crippen molar-refractivity contribution in [2.45, 2.75) is 38.6 Å². The van der Waals surface area contributed by atoms with E-state index in [1.807, 2.05) is 33.0 Å². The molecule has 0 spiro atoms. The minimum absolute atomic E-state index is 0.133. The van der Waals surface area contributed by atoms with Crippen LogP contribution in [-0.2, 0) is 0 Å². The van der Waals surface area contributed by atoms with E-state index in [2.05, 4.69) is 10.2 Å². The monoisotopic (exact) mass is 282 g/mol. The summed E-state index contributed by atoms with van der Waals surface area (Å²) in [5.74, 6) is -0.162. The number of para-hydroxylation sites is 1. The zero-order valence-corrected chi connectivity index (χ0v) is 12.8. The molecule has 0 radical (unpaired) electrons. The molecule has 0 aliphatic rings. The standard InChI is InChI=1S/C16H27FN2O/c1-4-19(15-10-6-5-9-14(15)17)12-8-7-11-16(2,13-20)18-3/h5-6,9-10,18,20H,4,7-8,11-13H2,1-3H3. The van der Waals surface area contributed by atoms with Gasteiger partial charge in [0.05, 0.1) is 12.3 Å². The van der Waals surface area contributed by atoms with Gasteiger partial charge in [0, 0.05) is 18.6 Å². The molecule has 0 fully saturated rings. The molecule has 1 rings (SSSR count). The van der Waals surface area contributed by atoms with E-state index in [-0.39, 0.29) is 18.0 Å². The fourth-order valence-corrected chi connectivity index (χ4v) is 2.26. The first-order chi connectivity index (χ1) is 9.56. The highest BCUT2D eigenvalue weighted by molar-refractivity contribution is 5.47. The maximum atomic E-state index is 13.7. The second kappa shape index (κ2) is 8.22. The number of likely N-dealkylation sites (N-methyl/N-ethyl adjacent to an activating group) is 1. The maximum Gasteiger partial charge on any atom is 0.146 e. The molecule has 0 saturated carbocycles. The molecule has 0 bridgehead atoms. The van der Waals surface area contributed by atoms with Gasteiger partial charge in [0.2, 0.25) is 0 Å². The van der Waals surface area contributed by atoms with Crippen LogP contribution in [0.5, 0.6) is 0 Å². The topological polar surface area (TPSA) is 35.5 Å². The molecule has 1 aromatic rings. The lowest BCUT2D eigenvalue weighted by molar-refractivity contribution is 0.171. The van der Waals surface area contributed by atoms with Crippen LogP contribution >= 0.6 is 0 Å².